The van der Waals surface area contributed by atoms with Crippen LogP contribution >= 0.6 is 39.1 Å². The zero-order valence-corrected chi connectivity index (χ0v) is 22.1. The molecular weight excluding hydrogens is 578 g/mol. The second-order valence-corrected chi connectivity index (χ2v) is 10.5. The predicted octanol–water partition coefficient (Wildman–Crippen LogP) is 9.19. The van der Waals surface area contributed by atoms with Crippen molar-refractivity contribution < 1.29 is 22.6 Å². The molecule has 1 aliphatic heterocycles. The molecule has 0 aromatic heterocycles. The number of anilines is 1. The van der Waals surface area contributed by atoms with Gasteiger partial charge in [-0.25, -0.2) is 0 Å². The number of fused-ring (bicyclic) bond motifs is 3. The largest absolute Gasteiger partial charge is 0.493 e. The summed E-state index contributed by atoms with van der Waals surface area (Å²) in [7, 11) is 1.53. The molecule has 0 saturated heterocycles. The van der Waals surface area contributed by atoms with Crippen molar-refractivity contribution in [1.29, 1.82) is 0 Å². The van der Waals surface area contributed by atoms with E-state index < -0.39 is 11.7 Å². The second-order valence-electron chi connectivity index (χ2n) is 8.81. The molecule has 9 heteroatoms. The number of allylic oxidation sites excluding steroid dienone is 2. The van der Waals surface area contributed by atoms with E-state index in [1.54, 1.807) is 18.2 Å². The lowest BCUT2D eigenvalue weighted by atomic mass is 9.76. The van der Waals surface area contributed by atoms with Crippen molar-refractivity contribution in [2.75, 3.05) is 12.4 Å². The van der Waals surface area contributed by atoms with E-state index in [2.05, 4.69) is 21.2 Å². The molecule has 5 rings (SSSR count). The Kier molecular flexibility index (Phi) is 6.92. The van der Waals surface area contributed by atoms with E-state index in [0.717, 1.165) is 23.6 Å². The molecule has 1 N–H and O–H groups in total. The van der Waals surface area contributed by atoms with Crippen LogP contribution in [-0.2, 0) is 12.8 Å². The highest BCUT2D eigenvalue weighted by molar-refractivity contribution is 9.10. The highest BCUT2D eigenvalue weighted by atomic mass is 79.9. The van der Waals surface area contributed by atoms with Crippen LogP contribution in [0.25, 0.3) is 0 Å². The maximum atomic E-state index is 13.8. The van der Waals surface area contributed by atoms with Gasteiger partial charge in [-0.05, 0) is 75.3 Å². The summed E-state index contributed by atoms with van der Waals surface area (Å²) < 4.78 is 53.8. The lowest BCUT2D eigenvalue weighted by Crippen LogP contribution is -2.30. The summed E-state index contributed by atoms with van der Waals surface area (Å²) in [5.74, 6) is 0.920. The van der Waals surface area contributed by atoms with Crippen LogP contribution in [0.4, 0.5) is 18.9 Å². The number of methoxy groups -OCH3 is 1. The molecule has 36 heavy (non-hydrogen) atoms. The fourth-order valence-corrected chi connectivity index (χ4v) is 5.93. The number of ether oxygens (including phenoxy) is 2. The average molecular weight is 599 g/mol. The number of benzene rings is 3. The highest BCUT2D eigenvalue weighted by Crippen LogP contribution is 2.53. The molecule has 0 fully saturated rings. The SMILES string of the molecule is COc1cc([C@@H]2Nc3c(cccc3C(F)(F)F)[C@@H]3C=CC[C@@H]32)cc(Br)c1OCc1ccc(Cl)c(Cl)c1. The van der Waals surface area contributed by atoms with Crippen molar-refractivity contribution in [2.45, 2.75) is 31.2 Å². The average Bonchev–Trinajstić information content (AvgIpc) is 3.34. The molecule has 0 saturated carbocycles. The van der Waals surface area contributed by atoms with Gasteiger partial charge in [0.2, 0.25) is 0 Å². The third kappa shape index (κ3) is 4.69. The van der Waals surface area contributed by atoms with Crippen LogP contribution in [0.1, 0.15) is 40.6 Å². The van der Waals surface area contributed by atoms with Crippen LogP contribution in [0.15, 0.2) is 65.2 Å². The Balaban J connectivity index is 1.49. The smallest absolute Gasteiger partial charge is 0.418 e. The fraction of sp³-hybridized carbons (Fsp3) is 0.259. The molecule has 1 heterocycles. The van der Waals surface area contributed by atoms with Crippen LogP contribution in [0.3, 0.4) is 0 Å². The van der Waals surface area contributed by atoms with Gasteiger partial charge in [-0.15, -0.1) is 0 Å². The van der Waals surface area contributed by atoms with Gasteiger partial charge >= 0.3 is 6.18 Å². The number of halogens is 6. The van der Waals surface area contributed by atoms with Crippen molar-refractivity contribution in [3.8, 4) is 11.5 Å². The maximum absolute atomic E-state index is 13.8. The number of nitrogens with one attached hydrogen (secondary N) is 1. The fourth-order valence-electron chi connectivity index (χ4n) is 5.03. The monoisotopic (exact) mass is 597 g/mol. The number of alkyl halides is 3. The van der Waals surface area contributed by atoms with E-state index in [0.29, 0.717) is 31.6 Å². The molecule has 0 spiro atoms. The Bertz CT molecular complexity index is 1350. The number of para-hydroxylation sites is 1. The standard InChI is InChI=1S/C27H21BrCl2F3NO2/c1-35-23-12-15(11-20(28)26(23)36-13-14-8-9-21(29)22(30)10-14)24-17-5-2-4-16(17)18-6-3-7-19(25(18)34-24)27(31,32)33/h2-4,6-12,16-17,24,34H,5,13H2,1H3/t16-,17+,24+/m1/s1. The first-order valence-electron chi connectivity index (χ1n) is 11.2. The molecule has 1 aliphatic carbocycles. The van der Waals surface area contributed by atoms with Gasteiger partial charge < -0.3 is 14.8 Å². The first-order valence-corrected chi connectivity index (χ1v) is 12.8. The summed E-state index contributed by atoms with van der Waals surface area (Å²) in [6.07, 6.45) is 0.352. The third-order valence-corrected chi connectivity index (χ3v) is 8.01. The van der Waals surface area contributed by atoms with Gasteiger partial charge in [-0.3, -0.25) is 0 Å². The molecule has 0 amide bonds. The van der Waals surface area contributed by atoms with E-state index in [1.807, 2.05) is 30.4 Å². The van der Waals surface area contributed by atoms with E-state index in [4.69, 9.17) is 32.7 Å². The topological polar surface area (TPSA) is 30.5 Å². The molecule has 0 radical (unpaired) electrons. The van der Waals surface area contributed by atoms with Crippen molar-refractivity contribution in [2.24, 2.45) is 5.92 Å². The Morgan fingerprint density at radius 2 is 1.89 bits per heavy atom. The van der Waals surface area contributed by atoms with Crippen molar-refractivity contribution in [3.63, 3.8) is 0 Å². The van der Waals surface area contributed by atoms with E-state index in [9.17, 15) is 13.2 Å². The van der Waals surface area contributed by atoms with Gasteiger partial charge in [-0.1, -0.05) is 53.6 Å². The minimum absolute atomic E-state index is 0.0700. The van der Waals surface area contributed by atoms with E-state index in [-0.39, 0.29) is 30.2 Å². The third-order valence-electron chi connectivity index (χ3n) is 6.68. The Hall–Kier alpha value is -2.35. The quantitative estimate of drug-likeness (QED) is 0.297. The maximum Gasteiger partial charge on any atom is 0.418 e. The number of hydrogen-bond acceptors (Lipinski definition) is 3. The van der Waals surface area contributed by atoms with E-state index in [1.165, 1.54) is 13.2 Å². The molecule has 188 valence electrons. The van der Waals surface area contributed by atoms with Crippen LogP contribution in [-0.4, -0.2) is 7.11 Å². The molecule has 0 unspecified atom stereocenters. The normalized spacial score (nSPS) is 20.5. The van der Waals surface area contributed by atoms with Gasteiger partial charge in [0.1, 0.15) is 6.61 Å². The van der Waals surface area contributed by atoms with E-state index >= 15 is 0 Å². The first-order chi connectivity index (χ1) is 17.2. The molecule has 3 nitrogen and oxygen atoms in total. The van der Waals surface area contributed by atoms with Crippen LogP contribution < -0.4 is 14.8 Å². The molecule has 2 aliphatic rings. The zero-order valence-electron chi connectivity index (χ0n) is 19.0. The predicted molar refractivity (Wildman–Crippen MR) is 139 cm³/mol. The van der Waals surface area contributed by atoms with Gasteiger partial charge in [0.05, 0.1) is 38.9 Å². The Morgan fingerprint density at radius 3 is 2.61 bits per heavy atom. The number of hydrogen-bond donors (Lipinski definition) is 1. The van der Waals surface area contributed by atoms with Gasteiger partial charge in [0.15, 0.2) is 11.5 Å². The van der Waals surface area contributed by atoms with Gasteiger partial charge in [-0.2, -0.15) is 13.2 Å². The lowest BCUT2D eigenvalue weighted by molar-refractivity contribution is -0.137. The summed E-state index contributed by atoms with van der Waals surface area (Å²) in [6.45, 7) is 0.226. The molecule has 3 aromatic carbocycles. The van der Waals surface area contributed by atoms with Gasteiger partial charge in [0.25, 0.3) is 0 Å². The zero-order chi connectivity index (χ0) is 25.6. The molecule has 0 bridgehead atoms. The minimum atomic E-state index is -4.46. The molecular formula is C27H21BrCl2F3NO2. The van der Waals surface area contributed by atoms with Gasteiger partial charge in [0, 0.05) is 5.92 Å². The van der Waals surface area contributed by atoms with Crippen molar-refractivity contribution in [1.82, 2.24) is 0 Å². The highest BCUT2D eigenvalue weighted by Gasteiger charge is 2.43. The molecule has 3 aromatic rings. The van der Waals surface area contributed by atoms with Crippen LogP contribution in [0.2, 0.25) is 10.0 Å². The Labute approximate surface area is 225 Å². The summed E-state index contributed by atoms with van der Waals surface area (Å²) in [5.41, 5.74) is 1.79. The lowest BCUT2D eigenvalue weighted by Gasteiger charge is -2.39. The minimum Gasteiger partial charge on any atom is -0.493 e. The second kappa shape index (κ2) is 9.84. The summed E-state index contributed by atoms with van der Waals surface area (Å²) in [5, 5.41) is 4.11. The number of rotatable bonds is 5. The Morgan fingerprint density at radius 1 is 1.08 bits per heavy atom. The first kappa shape index (κ1) is 25.3. The molecule has 3 atom stereocenters. The van der Waals surface area contributed by atoms with Crippen molar-refractivity contribution in [3.05, 3.63) is 97.5 Å². The van der Waals surface area contributed by atoms with Crippen LogP contribution in [0, 0.1) is 5.92 Å². The summed E-state index contributed by atoms with van der Waals surface area (Å²) >= 11 is 15.7. The van der Waals surface area contributed by atoms with Crippen molar-refractivity contribution >= 4 is 44.8 Å². The summed E-state index contributed by atoms with van der Waals surface area (Å²) in [6, 6.07) is 13.0. The summed E-state index contributed by atoms with van der Waals surface area (Å²) in [4.78, 5) is 0. The van der Waals surface area contributed by atoms with Crippen LogP contribution in [0.5, 0.6) is 11.5 Å².